The molecule has 0 aliphatic rings. The standard InChI is InChI=1S/C21H17ClN2O2/c1-15(20(25)16-9-11-18(22)12-10-16)24-13-5-8-19(14-24)23-21(26)17-6-3-2-4-7-17/h2-15H,1H3/p+1/t15-/m0/s1. The molecule has 1 amide bonds. The number of carbonyl (C=O) groups excluding carboxylic acids is 2. The molecule has 1 N–H and O–H groups in total. The van der Waals surface area contributed by atoms with Gasteiger partial charge in [0.2, 0.25) is 11.8 Å². The number of benzene rings is 2. The highest BCUT2D eigenvalue weighted by molar-refractivity contribution is 6.30. The fraction of sp³-hybridized carbons (Fsp3) is 0.0952. The Morgan fingerprint density at radius 3 is 2.31 bits per heavy atom. The van der Waals surface area contributed by atoms with Crippen LogP contribution in [0.4, 0.5) is 5.69 Å². The number of halogens is 1. The molecule has 0 saturated heterocycles. The third kappa shape index (κ3) is 4.16. The summed E-state index contributed by atoms with van der Waals surface area (Å²) < 4.78 is 1.78. The predicted molar refractivity (Wildman–Crippen MR) is 102 cm³/mol. The quantitative estimate of drug-likeness (QED) is 0.540. The molecule has 3 rings (SSSR count). The molecule has 3 aromatic rings. The van der Waals surface area contributed by atoms with Crippen LogP contribution in [0.5, 0.6) is 0 Å². The van der Waals surface area contributed by atoms with E-state index in [0.717, 1.165) is 0 Å². The summed E-state index contributed by atoms with van der Waals surface area (Å²) in [5.41, 5.74) is 1.79. The van der Waals surface area contributed by atoms with E-state index < -0.39 is 6.04 Å². The van der Waals surface area contributed by atoms with E-state index in [1.807, 2.05) is 25.1 Å². The highest BCUT2D eigenvalue weighted by Gasteiger charge is 2.24. The molecular weight excluding hydrogens is 348 g/mol. The van der Waals surface area contributed by atoms with E-state index in [9.17, 15) is 9.59 Å². The van der Waals surface area contributed by atoms with E-state index in [0.29, 0.717) is 21.8 Å². The van der Waals surface area contributed by atoms with Crippen LogP contribution < -0.4 is 9.88 Å². The van der Waals surface area contributed by atoms with Crippen LogP contribution in [0.25, 0.3) is 0 Å². The number of nitrogens with one attached hydrogen (secondary N) is 1. The molecule has 1 aromatic heterocycles. The minimum absolute atomic E-state index is 0.0294. The van der Waals surface area contributed by atoms with Crippen LogP contribution in [0.3, 0.4) is 0 Å². The van der Waals surface area contributed by atoms with Gasteiger partial charge in [0.25, 0.3) is 5.91 Å². The third-order valence-electron chi connectivity index (χ3n) is 4.07. The Hall–Kier alpha value is -2.98. The molecule has 0 spiro atoms. The first kappa shape index (κ1) is 17.8. The summed E-state index contributed by atoms with van der Waals surface area (Å²) in [7, 11) is 0. The van der Waals surface area contributed by atoms with E-state index in [1.165, 1.54) is 0 Å². The smallest absolute Gasteiger partial charge is 0.255 e. The van der Waals surface area contributed by atoms with Gasteiger partial charge in [-0.2, -0.15) is 4.57 Å². The van der Waals surface area contributed by atoms with Crippen molar-refractivity contribution in [1.82, 2.24) is 0 Å². The van der Waals surface area contributed by atoms with Crippen molar-refractivity contribution in [2.24, 2.45) is 0 Å². The van der Waals surface area contributed by atoms with Crippen molar-refractivity contribution < 1.29 is 14.2 Å². The molecule has 0 fully saturated rings. The minimum Gasteiger partial charge on any atom is -0.317 e. The van der Waals surface area contributed by atoms with E-state index in [2.05, 4.69) is 5.32 Å². The summed E-state index contributed by atoms with van der Waals surface area (Å²) in [5, 5.41) is 3.44. The van der Waals surface area contributed by atoms with Crippen molar-refractivity contribution in [3.63, 3.8) is 0 Å². The Morgan fingerprint density at radius 1 is 0.923 bits per heavy atom. The van der Waals surface area contributed by atoms with Crippen molar-refractivity contribution in [2.75, 3.05) is 5.32 Å². The van der Waals surface area contributed by atoms with E-state index >= 15 is 0 Å². The number of Topliss-reactive ketones (excluding diaryl/α,β-unsaturated/α-hetero) is 1. The highest BCUT2D eigenvalue weighted by atomic mass is 35.5. The van der Waals surface area contributed by atoms with Gasteiger partial charge in [-0.05, 0) is 42.5 Å². The number of anilines is 1. The summed E-state index contributed by atoms with van der Waals surface area (Å²) in [6.45, 7) is 1.82. The van der Waals surface area contributed by atoms with Gasteiger partial charge < -0.3 is 5.32 Å². The topological polar surface area (TPSA) is 50.0 Å². The molecule has 0 radical (unpaired) electrons. The summed E-state index contributed by atoms with van der Waals surface area (Å²) in [6, 6.07) is 19.0. The molecule has 0 bridgehead atoms. The number of ketones is 1. The van der Waals surface area contributed by atoms with Gasteiger partial charge in [-0.15, -0.1) is 0 Å². The van der Waals surface area contributed by atoms with Gasteiger partial charge in [-0.1, -0.05) is 29.8 Å². The predicted octanol–water partition coefficient (Wildman–Crippen LogP) is 4.32. The summed E-state index contributed by atoms with van der Waals surface area (Å²) in [6.07, 6.45) is 3.55. The maximum Gasteiger partial charge on any atom is 0.255 e. The molecular formula is C21H18ClN2O2+. The zero-order chi connectivity index (χ0) is 18.5. The monoisotopic (exact) mass is 365 g/mol. The number of nitrogens with zero attached hydrogens (tertiary/aromatic N) is 1. The maximum absolute atomic E-state index is 12.7. The Morgan fingerprint density at radius 2 is 1.62 bits per heavy atom. The van der Waals surface area contributed by atoms with E-state index in [-0.39, 0.29) is 11.7 Å². The first-order valence-corrected chi connectivity index (χ1v) is 8.59. The fourth-order valence-electron chi connectivity index (χ4n) is 2.59. The summed E-state index contributed by atoms with van der Waals surface area (Å²) in [5.74, 6) is -0.224. The molecule has 0 aliphatic carbocycles. The van der Waals surface area contributed by atoms with Crippen molar-refractivity contribution in [3.8, 4) is 0 Å². The van der Waals surface area contributed by atoms with Gasteiger partial charge in [0, 0.05) is 29.1 Å². The lowest BCUT2D eigenvalue weighted by Crippen LogP contribution is -2.42. The molecule has 1 atom stereocenters. The average Bonchev–Trinajstić information content (AvgIpc) is 2.68. The second kappa shape index (κ2) is 7.93. The van der Waals surface area contributed by atoms with Crippen LogP contribution in [-0.2, 0) is 0 Å². The number of hydrogen-bond acceptors (Lipinski definition) is 2. The highest BCUT2D eigenvalue weighted by Crippen LogP contribution is 2.14. The fourth-order valence-corrected chi connectivity index (χ4v) is 2.72. The minimum atomic E-state index is -0.412. The number of hydrogen-bond donors (Lipinski definition) is 1. The van der Waals surface area contributed by atoms with Gasteiger partial charge >= 0.3 is 0 Å². The summed E-state index contributed by atoms with van der Waals surface area (Å²) in [4.78, 5) is 24.9. The lowest BCUT2D eigenvalue weighted by Gasteiger charge is -2.09. The van der Waals surface area contributed by atoms with Crippen molar-refractivity contribution in [1.29, 1.82) is 0 Å². The molecule has 0 unspecified atom stereocenters. The van der Waals surface area contributed by atoms with Crippen LogP contribution in [0.2, 0.25) is 5.02 Å². The Bertz CT molecular complexity index is 924. The molecule has 5 heteroatoms. The molecule has 4 nitrogen and oxygen atoms in total. The van der Waals surface area contributed by atoms with Crippen LogP contribution >= 0.6 is 11.6 Å². The largest absolute Gasteiger partial charge is 0.317 e. The lowest BCUT2D eigenvalue weighted by molar-refractivity contribution is -0.704. The lowest BCUT2D eigenvalue weighted by atomic mass is 10.1. The molecule has 26 heavy (non-hydrogen) atoms. The molecule has 1 heterocycles. The van der Waals surface area contributed by atoms with Crippen molar-refractivity contribution in [3.05, 3.63) is 95.3 Å². The van der Waals surface area contributed by atoms with Crippen molar-refractivity contribution >= 4 is 29.0 Å². The van der Waals surface area contributed by atoms with Gasteiger partial charge in [-0.25, -0.2) is 0 Å². The molecule has 0 aliphatic heterocycles. The van der Waals surface area contributed by atoms with Gasteiger partial charge in [0.15, 0.2) is 12.4 Å². The second-order valence-electron chi connectivity index (χ2n) is 5.91. The Balaban J connectivity index is 1.77. The number of rotatable bonds is 5. The van der Waals surface area contributed by atoms with Crippen molar-refractivity contribution in [2.45, 2.75) is 13.0 Å². The maximum atomic E-state index is 12.7. The van der Waals surface area contributed by atoms with Crippen LogP contribution in [0.15, 0.2) is 79.1 Å². The first-order valence-electron chi connectivity index (χ1n) is 8.21. The zero-order valence-corrected chi connectivity index (χ0v) is 15.0. The molecule has 2 aromatic carbocycles. The molecule has 0 saturated carbocycles. The summed E-state index contributed by atoms with van der Waals surface area (Å²) >= 11 is 5.88. The zero-order valence-electron chi connectivity index (χ0n) is 14.2. The van der Waals surface area contributed by atoms with E-state index in [4.69, 9.17) is 11.6 Å². The Labute approximate surface area is 157 Å². The SMILES string of the molecule is C[C@@H](C(=O)c1ccc(Cl)cc1)[n+]1cccc(NC(=O)c2ccccc2)c1. The van der Waals surface area contributed by atoms with Gasteiger partial charge in [0.1, 0.15) is 5.69 Å². The van der Waals surface area contributed by atoms with Gasteiger partial charge in [-0.3, -0.25) is 9.59 Å². The number of amides is 1. The number of pyridine rings is 1. The van der Waals surface area contributed by atoms with Crippen LogP contribution in [-0.4, -0.2) is 11.7 Å². The average molecular weight is 366 g/mol. The Kier molecular flexibility index (Phi) is 5.44. The van der Waals surface area contributed by atoms with Crippen LogP contribution in [0.1, 0.15) is 33.7 Å². The number of carbonyl (C=O) groups is 2. The van der Waals surface area contributed by atoms with Gasteiger partial charge in [0.05, 0.1) is 0 Å². The van der Waals surface area contributed by atoms with Crippen LogP contribution in [0, 0.1) is 0 Å². The first-order chi connectivity index (χ1) is 12.5. The third-order valence-corrected chi connectivity index (χ3v) is 4.32. The second-order valence-corrected chi connectivity index (χ2v) is 6.34. The van der Waals surface area contributed by atoms with E-state index in [1.54, 1.807) is 65.5 Å². The normalized spacial score (nSPS) is 11.6. The number of aromatic nitrogens is 1. The molecule has 130 valence electrons.